The molecule has 0 aromatic rings. The lowest BCUT2D eigenvalue weighted by Gasteiger charge is -1.79. The van der Waals surface area contributed by atoms with Gasteiger partial charge in [-0.15, -0.1) is 0 Å². The van der Waals surface area contributed by atoms with Gasteiger partial charge in [-0.2, -0.15) is 0 Å². The Balaban J connectivity index is 2.63. The minimum Gasteiger partial charge on any atom is -0.0807 e. The van der Waals surface area contributed by atoms with E-state index < -0.39 is 0 Å². The molecule has 0 nitrogen and oxygen atoms in total. The van der Waals surface area contributed by atoms with Crippen LogP contribution in [0, 0.1) is 0 Å². The molecule has 0 unspecified atom stereocenters. The Kier molecular flexibility index (Phi) is 10.8. The summed E-state index contributed by atoms with van der Waals surface area (Å²) in [4.78, 5) is 0. The zero-order valence-corrected chi connectivity index (χ0v) is 12.3. The monoisotopic (exact) mass is 274 g/mol. The maximum Gasteiger partial charge on any atom is -0.0163 e. The molecular formula is C21H22. The van der Waals surface area contributed by atoms with Crippen LogP contribution in [0.25, 0.3) is 0 Å². The van der Waals surface area contributed by atoms with E-state index in [1.165, 1.54) is 0 Å². The van der Waals surface area contributed by atoms with Crippen molar-refractivity contribution in [3.63, 3.8) is 0 Å². The van der Waals surface area contributed by atoms with Gasteiger partial charge in [0.1, 0.15) is 0 Å². The summed E-state index contributed by atoms with van der Waals surface area (Å²) in [6.07, 6.45) is 41.5. The normalized spacial score (nSPS) is 30.1. The molecule has 0 aromatic carbocycles. The van der Waals surface area contributed by atoms with Crippen molar-refractivity contribution in [2.75, 3.05) is 0 Å². The van der Waals surface area contributed by atoms with E-state index in [0.29, 0.717) is 0 Å². The van der Waals surface area contributed by atoms with Crippen molar-refractivity contribution >= 4 is 0 Å². The van der Waals surface area contributed by atoms with Crippen LogP contribution in [0.4, 0.5) is 0 Å². The van der Waals surface area contributed by atoms with Gasteiger partial charge in [-0.1, -0.05) is 122 Å². The predicted octanol–water partition coefficient (Wildman–Crippen LogP) is 5.95. The van der Waals surface area contributed by atoms with Gasteiger partial charge in [0.25, 0.3) is 0 Å². The van der Waals surface area contributed by atoms with Crippen molar-refractivity contribution in [1.29, 1.82) is 0 Å². The predicted molar refractivity (Wildman–Crippen MR) is 96.0 cm³/mol. The molecule has 0 heteroatoms. The Bertz CT molecular complexity index is 489. The summed E-state index contributed by atoms with van der Waals surface area (Å²) in [6, 6.07) is 0. The maximum atomic E-state index is 2.12. The molecule has 0 N–H and O–H groups in total. The Hall–Kier alpha value is -2.60. The summed E-state index contributed by atoms with van der Waals surface area (Å²) in [7, 11) is 0. The van der Waals surface area contributed by atoms with E-state index >= 15 is 0 Å². The van der Waals surface area contributed by atoms with E-state index in [-0.39, 0.29) is 0 Å². The van der Waals surface area contributed by atoms with E-state index in [1.807, 2.05) is 97.2 Å². The van der Waals surface area contributed by atoms with E-state index in [2.05, 4.69) is 24.3 Å². The van der Waals surface area contributed by atoms with Gasteiger partial charge in [0.15, 0.2) is 0 Å². The van der Waals surface area contributed by atoms with Crippen LogP contribution in [0.3, 0.4) is 0 Å². The number of hydrogen-bond donors (Lipinski definition) is 0. The van der Waals surface area contributed by atoms with Gasteiger partial charge in [0, 0.05) is 0 Å². The number of rotatable bonds is 0. The molecule has 1 aliphatic rings. The minimum absolute atomic E-state index is 0.942. The second-order valence-electron chi connectivity index (χ2n) is 4.17. The molecule has 0 aliphatic heterocycles. The van der Waals surface area contributed by atoms with Crippen molar-refractivity contribution in [1.82, 2.24) is 0 Å². The van der Waals surface area contributed by atoms with E-state index in [9.17, 15) is 0 Å². The molecule has 0 aromatic heterocycles. The lowest BCUT2D eigenvalue weighted by atomic mass is 10.3. The fourth-order valence-electron chi connectivity index (χ4n) is 1.42. The molecule has 106 valence electrons. The summed E-state index contributed by atoms with van der Waals surface area (Å²) in [5.41, 5.74) is 0. The maximum absolute atomic E-state index is 2.12. The summed E-state index contributed by atoms with van der Waals surface area (Å²) < 4.78 is 0. The first-order chi connectivity index (χ1) is 10.5. The lowest BCUT2D eigenvalue weighted by Crippen LogP contribution is -1.58. The van der Waals surface area contributed by atoms with Crippen LogP contribution < -0.4 is 0 Å². The molecule has 0 fully saturated rings. The fourth-order valence-corrected chi connectivity index (χ4v) is 1.42. The van der Waals surface area contributed by atoms with Crippen LogP contribution in [0.1, 0.15) is 6.42 Å². The topological polar surface area (TPSA) is 0 Å². The summed E-state index contributed by atoms with van der Waals surface area (Å²) >= 11 is 0. The van der Waals surface area contributed by atoms with E-state index in [0.717, 1.165) is 6.42 Å². The van der Waals surface area contributed by atoms with Crippen molar-refractivity contribution < 1.29 is 0 Å². The van der Waals surface area contributed by atoms with Gasteiger partial charge in [-0.3, -0.25) is 0 Å². The highest BCUT2D eigenvalue weighted by molar-refractivity contribution is 5.22. The second kappa shape index (κ2) is 13.8. The van der Waals surface area contributed by atoms with Gasteiger partial charge < -0.3 is 0 Å². The Labute approximate surface area is 128 Å². The highest BCUT2D eigenvalue weighted by Crippen LogP contribution is 1.90. The van der Waals surface area contributed by atoms with Crippen LogP contribution in [0.5, 0.6) is 0 Å². The van der Waals surface area contributed by atoms with Gasteiger partial charge in [-0.05, 0) is 6.42 Å². The molecule has 21 heavy (non-hydrogen) atoms. The smallest absolute Gasteiger partial charge is 0.0163 e. The fraction of sp³-hybridized carbons (Fsp3) is 0.0476. The third-order valence-electron chi connectivity index (χ3n) is 2.43. The Morgan fingerprint density at radius 3 is 0.667 bits per heavy atom. The molecule has 0 bridgehead atoms. The lowest BCUT2D eigenvalue weighted by molar-refractivity contribution is 1.39. The van der Waals surface area contributed by atoms with Crippen molar-refractivity contribution in [3.8, 4) is 0 Å². The standard InChI is InChI=1S/C21H22/c1-2-4-6-8-10-12-14-16-18-20-21-19-17-15-13-11-9-7-5-3-1/h1-20H,21H2/b3-1-,4-2+,7-5-,8-6+,11-9-,12-10-,15-13+,16-14+,19-17?,20-18+. The van der Waals surface area contributed by atoms with Gasteiger partial charge >= 0.3 is 0 Å². The first-order valence-corrected chi connectivity index (χ1v) is 7.15. The third kappa shape index (κ3) is 12.2. The molecule has 0 radical (unpaired) electrons. The summed E-state index contributed by atoms with van der Waals surface area (Å²) in [6.45, 7) is 0. The summed E-state index contributed by atoms with van der Waals surface area (Å²) in [5, 5.41) is 0. The number of allylic oxidation sites excluding steroid dienone is 20. The quantitative estimate of drug-likeness (QED) is 0.512. The highest BCUT2D eigenvalue weighted by Gasteiger charge is 1.69. The largest absolute Gasteiger partial charge is 0.0807 e. The molecule has 0 atom stereocenters. The average molecular weight is 274 g/mol. The minimum atomic E-state index is 0.942. The van der Waals surface area contributed by atoms with E-state index in [1.54, 1.807) is 0 Å². The zero-order chi connectivity index (χ0) is 14.8. The molecule has 0 saturated heterocycles. The first kappa shape index (κ1) is 16.5. The van der Waals surface area contributed by atoms with Crippen molar-refractivity contribution in [2.45, 2.75) is 6.42 Å². The molecule has 0 spiro atoms. The molecule has 1 rings (SSSR count). The van der Waals surface area contributed by atoms with Crippen molar-refractivity contribution in [2.24, 2.45) is 0 Å². The average Bonchev–Trinajstić information content (AvgIpc) is 2.50. The number of hydrogen-bond acceptors (Lipinski definition) is 0. The molecule has 1 aliphatic carbocycles. The molecule has 0 amide bonds. The summed E-state index contributed by atoms with van der Waals surface area (Å²) in [5.74, 6) is 0. The van der Waals surface area contributed by atoms with Crippen LogP contribution in [0.15, 0.2) is 122 Å². The van der Waals surface area contributed by atoms with Crippen LogP contribution in [-0.2, 0) is 0 Å². The molecule has 0 saturated carbocycles. The molecule has 0 heterocycles. The van der Waals surface area contributed by atoms with Gasteiger partial charge in [0.05, 0.1) is 0 Å². The highest BCUT2D eigenvalue weighted by atomic mass is 13.8. The van der Waals surface area contributed by atoms with E-state index in [4.69, 9.17) is 0 Å². The third-order valence-corrected chi connectivity index (χ3v) is 2.43. The second-order valence-corrected chi connectivity index (χ2v) is 4.17. The van der Waals surface area contributed by atoms with Crippen LogP contribution in [-0.4, -0.2) is 0 Å². The Morgan fingerprint density at radius 1 is 0.238 bits per heavy atom. The van der Waals surface area contributed by atoms with Crippen LogP contribution >= 0.6 is 0 Å². The SMILES string of the molecule is C1=CC/C=C/C=C/C=C\C=C\C=C\C=C/C=C\C=C/C=C/1. The van der Waals surface area contributed by atoms with Crippen molar-refractivity contribution in [3.05, 3.63) is 122 Å². The Morgan fingerprint density at radius 2 is 0.429 bits per heavy atom. The van der Waals surface area contributed by atoms with Crippen LogP contribution in [0.2, 0.25) is 0 Å². The molecular weight excluding hydrogens is 252 g/mol. The van der Waals surface area contributed by atoms with Gasteiger partial charge in [-0.25, -0.2) is 0 Å². The zero-order valence-electron chi connectivity index (χ0n) is 12.3. The van der Waals surface area contributed by atoms with Gasteiger partial charge in [0.2, 0.25) is 0 Å². The first-order valence-electron chi connectivity index (χ1n) is 7.15.